The standard InChI is InChI=1S/C76H54N6/c1-5-25-49(26-6-1)65-47-71(79-73(77-65)51-29-9-3-10-30-51)81-67-43-23-21-41-61(67)75(57-37-17-13-33-53(57)54-34-14-18-38-58(54)75)63-46-70-64(45-69(63)81)76(59-39-19-15-35-55(59)56-36-16-20-40-60(56)76)62-42-22-24-44-68(62)82(70)72-48-66(50-27-7-2-8-28-50)78-74(80-72)52-31-11-4-12-32-52/h1-48,71-73,77,79H,(H,78,80). The Morgan fingerprint density at radius 1 is 0.317 bits per heavy atom. The quantitative estimate of drug-likeness (QED) is 0.155. The Balaban J connectivity index is 1.02. The van der Waals surface area contributed by atoms with Gasteiger partial charge in [-0.2, -0.15) is 0 Å². The summed E-state index contributed by atoms with van der Waals surface area (Å²) in [6.45, 7) is 0. The number of hydrogen-bond donors (Lipinski definition) is 3. The molecule has 4 aliphatic heterocycles. The lowest BCUT2D eigenvalue weighted by Gasteiger charge is -2.52. The zero-order valence-electron chi connectivity index (χ0n) is 44.8. The molecule has 6 heteroatoms. The van der Waals surface area contributed by atoms with Gasteiger partial charge < -0.3 is 20.4 Å². The minimum atomic E-state index is -0.734. The summed E-state index contributed by atoms with van der Waals surface area (Å²) in [6, 6.07) is 103. The van der Waals surface area contributed by atoms with E-state index in [9.17, 15) is 0 Å². The average Bonchev–Trinajstić information content (AvgIpc) is 2.33. The Bertz CT molecular complexity index is 4200. The van der Waals surface area contributed by atoms with Crippen molar-refractivity contribution in [3.05, 3.63) is 358 Å². The highest BCUT2D eigenvalue weighted by Gasteiger charge is 2.57. The molecule has 17 rings (SSSR count). The minimum Gasteiger partial charge on any atom is -0.366 e. The van der Waals surface area contributed by atoms with Crippen molar-refractivity contribution in [2.45, 2.75) is 29.3 Å². The molecule has 0 fully saturated rings. The van der Waals surface area contributed by atoms with E-state index in [2.05, 4.69) is 317 Å². The second kappa shape index (κ2) is 18.1. The van der Waals surface area contributed by atoms with Gasteiger partial charge in [-0.15, -0.1) is 0 Å². The van der Waals surface area contributed by atoms with Crippen LogP contribution in [0.5, 0.6) is 0 Å². The summed E-state index contributed by atoms with van der Waals surface area (Å²) in [5.74, 6) is 0.821. The second-order valence-corrected chi connectivity index (χ2v) is 22.2. The lowest BCUT2D eigenvalue weighted by molar-refractivity contribution is 0.434. The molecule has 4 heterocycles. The highest BCUT2D eigenvalue weighted by molar-refractivity contribution is 6.05. The van der Waals surface area contributed by atoms with E-state index in [-0.39, 0.29) is 18.5 Å². The first kappa shape index (κ1) is 46.6. The Morgan fingerprint density at radius 2 is 0.707 bits per heavy atom. The van der Waals surface area contributed by atoms with E-state index in [1.807, 2.05) is 0 Å². The molecule has 3 unspecified atom stereocenters. The molecular formula is C76H54N6. The van der Waals surface area contributed by atoms with Crippen LogP contribution in [0.4, 0.5) is 22.7 Å². The molecule has 11 aromatic carbocycles. The van der Waals surface area contributed by atoms with Crippen LogP contribution in [-0.4, -0.2) is 18.2 Å². The van der Waals surface area contributed by atoms with Crippen LogP contribution in [-0.2, 0) is 10.8 Å². The van der Waals surface area contributed by atoms with E-state index in [0.717, 1.165) is 62.2 Å². The Hall–Kier alpha value is -10.3. The third-order valence-corrected chi connectivity index (χ3v) is 18.2. The van der Waals surface area contributed by atoms with Crippen molar-refractivity contribution in [1.82, 2.24) is 16.0 Å². The Labute approximate surface area is 477 Å². The van der Waals surface area contributed by atoms with Crippen LogP contribution in [0.2, 0.25) is 0 Å². The fourth-order valence-electron chi connectivity index (χ4n) is 14.9. The van der Waals surface area contributed by atoms with Gasteiger partial charge in [0.15, 0.2) is 0 Å². The van der Waals surface area contributed by atoms with Gasteiger partial charge in [-0.05, 0) is 114 Å². The van der Waals surface area contributed by atoms with Gasteiger partial charge in [0.2, 0.25) is 0 Å². The van der Waals surface area contributed by atoms with Crippen molar-refractivity contribution in [2.75, 3.05) is 9.80 Å². The number of hydrogen-bond acceptors (Lipinski definition) is 6. The maximum absolute atomic E-state index is 5.45. The first-order valence-corrected chi connectivity index (χ1v) is 28.6. The number of para-hydroxylation sites is 2. The van der Waals surface area contributed by atoms with Gasteiger partial charge in [-0.25, -0.2) is 4.99 Å². The first-order valence-electron chi connectivity index (χ1n) is 28.6. The molecule has 6 nitrogen and oxygen atoms in total. The van der Waals surface area contributed by atoms with Crippen LogP contribution in [0.3, 0.4) is 0 Å². The van der Waals surface area contributed by atoms with Crippen molar-refractivity contribution in [1.29, 1.82) is 0 Å². The summed E-state index contributed by atoms with van der Waals surface area (Å²) in [5, 5.41) is 12.3. The predicted molar refractivity (Wildman–Crippen MR) is 333 cm³/mol. The van der Waals surface area contributed by atoms with E-state index >= 15 is 0 Å². The van der Waals surface area contributed by atoms with Gasteiger partial charge in [0.05, 0.1) is 16.5 Å². The number of amidine groups is 1. The molecule has 388 valence electrons. The van der Waals surface area contributed by atoms with E-state index in [0.29, 0.717) is 0 Å². The van der Waals surface area contributed by atoms with Gasteiger partial charge in [0, 0.05) is 39.6 Å². The number of fused-ring (bicyclic) bond motifs is 18. The SMILES string of the molecule is C1=C(c2ccccc2)N=C(c2ccccc2)NC1N1c2ccccc2C2(c3ccccc3-c3ccccc32)c2cc3c(cc21)C1(c2ccccc2-c2ccccc21)c1ccccc1N3C1C=C(c2ccccc2)NC(c2ccccc2)N1. The number of nitrogens with zero attached hydrogens (tertiary/aromatic N) is 3. The van der Waals surface area contributed by atoms with Crippen LogP contribution < -0.4 is 25.8 Å². The molecule has 0 aromatic heterocycles. The molecule has 11 aromatic rings. The van der Waals surface area contributed by atoms with Crippen molar-refractivity contribution in [3.8, 4) is 22.3 Å². The van der Waals surface area contributed by atoms with E-state index in [1.165, 1.54) is 66.8 Å². The Kier molecular flexibility index (Phi) is 10.3. The molecule has 2 spiro atoms. The summed E-state index contributed by atoms with van der Waals surface area (Å²) >= 11 is 0. The normalized spacial score (nSPS) is 18.6. The molecule has 3 N–H and O–H groups in total. The summed E-state index contributed by atoms with van der Waals surface area (Å²) in [6.07, 6.45) is 3.83. The van der Waals surface area contributed by atoms with Crippen LogP contribution in [0.1, 0.15) is 72.9 Å². The first-order chi connectivity index (χ1) is 40.7. The average molecular weight is 1050 g/mol. The van der Waals surface area contributed by atoms with Crippen LogP contribution in [0, 0.1) is 0 Å². The number of benzene rings is 11. The van der Waals surface area contributed by atoms with Gasteiger partial charge in [-0.1, -0.05) is 255 Å². The molecule has 82 heavy (non-hydrogen) atoms. The third-order valence-electron chi connectivity index (χ3n) is 18.2. The van der Waals surface area contributed by atoms with Crippen LogP contribution >= 0.6 is 0 Å². The van der Waals surface area contributed by atoms with Crippen LogP contribution in [0.15, 0.2) is 296 Å². The zero-order chi connectivity index (χ0) is 53.9. The third kappa shape index (κ3) is 6.58. The zero-order valence-corrected chi connectivity index (χ0v) is 44.8. The molecule has 6 aliphatic rings. The highest BCUT2D eigenvalue weighted by atomic mass is 15.3. The number of aliphatic imine (C=N–C) groups is 1. The number of rotatable bonds is 6. The maximum Gasteiger partial charge on any atom is 0.135 e. The molecule has 0 saturated carbocycles. The summed E-state index contributed by atoms with van der Waals surface area (Å²) in [5.41, 5.74) is 24.5. The number of anilines is 4. The molecule has 2 aliphatic carbocycles. The smallest absolute Gasteiger partial charge is 0.135 e. The van der Waals surface area contributed by atoms with Gasteiger partial charge in [0.25, 0.3) is 0 Å². The molecule has 0 saturated heterocycles. The fourth-order valence-corrected chi connectivity index (χ4v) is 14.9. The second-order valence-electron chi connectivity index (χ2n) is 22.2. The predicted octanol–water partition coefficient (Wildman–Crippen LogP) is 16.0. The molecule has 0 radical (unpaired) electrons. The molecule has 0 amide bonds. The largest absolute Gasteiger partial charge is 0.366 e. The summed E-state index contributed by atoms with van der Waals surface area (Å²) in [7, 11) is 0. The van der Waals surface area contributed by atoms with E-state index in [4.69, 9.17) is 4.99 Å². The van der Waals surface area contributed by atoms with Gasteiger partial charge in [0.1, 0.15) is 24.3 Å². The lowest BCUT2D eigenvalue weighted by atomic mass is 9.61. The lowest BCUT2D eigenvalue weighted by Crippen LogP contribution is -2.54. The topological polar surface area (TPSA) is 54.9 Å². The van der Waals surface area contributed by atoms with Crippen molar-refractivity contribution in [2.24, 2.45) is 4.99 Å². The van der Waals surface area contributed by atoms with Crippen molar-refractivity contribution >= 4 is 40.0 Å². The van der Waals surface area contributed by atoms with Crippen molar-refractivity contribution < 1.29 is 0 Å². The van der Waals surface area contributed by atoms with E-state index in [1.54, 1.807) is 0 Å². The van der Waals surface area contributed by atoms with Gasteiger partial charge in [-0.3, -0.25) is 5.32 Å². The fraction of sp³-hybridized carbons (Fsp3) is 0.0658. The van der Waals surface area contributed by atoms with E-state index < -0.39 is 10.8 Å². The molecule has 3 atom stereocenters. The van der Waals surface area contributed by atoms with Crippen molar-refractivity contribution in [3.63, 3.8) is 0 Å². The monoisotopic (exact) mass is 1050 g/mol. The van der Waals surface area contributed by atoms with Gasteiger partial charge >= 0.3 is 0 Å². The minimum absolute atomic E-state index is 0.214. The number of nitrogens with one attached hydrogen (secondary N) is 3. The maximum atomic E-state index is 5.45. The summed E-state index contributed by atoms with van der Waals surface area (Å²) in [4.78, 5) is 10.7. The molecule has 0 bridgehead atoms. The summed E-state index contributed by atoms with van der Waals surface area (Å²) < 4.78 is 0. The Morgan fingerprint density at radius 3 is 1.20 bits per heavy atom. The highest BCUT2D eigenvalue weighted by Crippen LogP contribution is 2.68. The van der Waals surface area contributed by atoms with Crippen LogP contribution in [0.25, 0.3) is 33.6 Å². The molecular weight excluding hydrogens is 997 g/mol.